The lowest BCUT2D eigenvalue weighted by atomic mass is 10.1. The molecule has 1 aromatic carbocycles. The largest absolute Gasteiger partial charge is 0.306 e. The molecular weight excluding hydrogens is 294 g/mol. The molecule has 1 unspecified atom stereocenters. The molecule has 1 atom stereocenters. The maximum atomic E-state index is 6.11. The van der Waals surface area contributed by atoms with Gasteiger partial charge in [-0.2, -0.15) is 0 Å². The van der Waals surface area contributed by atoms with Crippen LogP contribution in [0.5, 0.6) is 0 Å². The van der Waals surface area contributed by atoms with E-state index in [0.29, 0.717) is 0 Å². The minimum Gasteiger partial charge on any atom is -0.306 e. The third-order valence-corrected chi connectivity index (χ3v) is 5.43. The van der Waals surface area contributed by atoms with Gasteiger partial charge < -0.3 is 5.32 Å². The molecule has 98 valence electrons. The Labute approximate surface area is 125 Å². The molecule has 1 nitrogen and oxygen atoms in total. The fourth-order valence-corrected chi connectivity index (χ4v) is 4.62. The molecule has 1 N–H and O–H groups in total. The Morgan fingerprint density at radius 2 is 2.11 bits per heavy atom. The molecule has 4 heteroatoms. The zero-order valence-corrected chi connectivity index (χ0v) is 12.9. The van der Waals surface area contributed by atoms with Crippen LogP contribution in [0.25, 0.3) is 9.40 Å². The van der Waals surface area contributed by atoms with Crippen LogP contribution in [0, 0.1) is 0 Å². The highest BCUT2D eigenvalue weighted by Gasteiger charge is 2.16. The van der Waals surface area contributed by atoms with Gasteiger partial charge in [-0.3, -0.25) is 0 Å². The second kappa shape index (κ2) is 5.63. The van der Waals surface area contributed by atoms with E-state index in [1.54, 1.807) is 11.3 Å². The normalized spacial score (nSPS) is 12.9. The van der Waals surface area contributed by atoms with Crippen molar-refractivity contribution in [3.05, 3.63) is 57.2 Å². The zero-order valence-electron chi connectivity index (χ0n) is 10.5. The third kappa shape index (κ3) is 2.70. The maximum absolute atomic E-state index is 6.11. The monoisotopic (exact) mass is 307 g/mol. The Balaban J connectivity index is 2.02. The summed E-state index contributed by atoms with van der Waals surface area (Å²) in [4.78, 5) is 1.35. The van der Waals surface area contributed by atoms with Gasteiger partial charge >= 0.3 is 0 Å². The summed E-state index contributed by atoms with van der Waals surface area (Å²) in [5.74, 6) is 0. The predicted octanol–water partition coefficient (Wildman–Crippen LogP) is 5.32. The summed E-state index contributed by atoms with van der Waals surface area (Å²) in [6.07, 6.45) is 0. The number of hydrogen-bond donors (Lipinski definition) is 1. The molecule has 0 saturated heterocycles. The van der Waals surface area contributed by atoms with Gasteiger partial charge in [0.05, 0.1) is 6.04 Å². The predicted molar refractivity (Wildman–Crippen MR) is 86.7 cm³/mol. The molecular formula is C15H14ClNS2. The van der Waals surface area contributed by atoms with Crippen LogP contribution >= 0.6 is 34.3 Å². The Morgan fingerprint density at radius 1 is 1.21 bits per heavy atom. The highest BCUT2D eigenvalue weighted by molar-refractivity contribution is 7.27. The van der Waals surface area contributed by atoms with Crippen molar-refractivity contribution >= 4 is 43.7 Å². The van der Waals surface area contributed by atoms with Gasteiger partial charge in [0.25, 0.3) is 0 Å². The van der Waals surface area contributed by atoms with Gasteiger partial charge in [0.15, 0.2) is 0 Å². The fraction of sp³-hybridized carbons (Fsp3) is 0.200. The van der Waals surface area contributed by atoms with Gasteiger partial charge in [-0.05, 0) is 41.8 Å². The van der Waals surface area contributed by atoms with Gasteiger partial charge in [-0.25, -0.2) is 0 Å². The molecule has 0 saturated carbocycles. The molecule has 3 aromatic rings. The number of benzene rings is 1. The average molecular weight is 308 g/mol. The summed E-state index contributed by atoms with van der Waals surface area (Å²) in [7, 11) is 0. The van der Waals surface area contributed by atoms with E-state index in [4.69, 9.17) is 11.6 Å². The molecule has 19 heavy (non-hydrogen) atoms. The van der Waals surface area contributed by atoms with Crippen LogP contribution in [0.2, 0.25) is 5.02 Å². The zero-order chi connectivity index (χ0) is 13.2. The van der Waals surface area contributed by atoms with E-state index in [1.165, 1.54) is 19.8 Å². The lowest BCUT2D eigenvalue weighted by Gasteiger charge is -2.17. The molecule has 3 rings (SSSR count). The highest BCUT2D eigenvalue weighted by Crippen LogP contribution is 2.36. The smallest absolute Gasteiger partial charge is 0.0672 e. The van der Waals surface area contributed by atoms with Crippen molar-refractivity contribution in [1.29, 1.82) is 0 Å². The van der Waals surface area contributed by atoms with Crippen LogP contribution in [0.1, 0.15) is 23.4 Å². The molecule has 0 spiro atoms. The number of halogens is 1. The number of hydrogen-bond acceptors (Lipinski definition) is 3. The van der Waals surface area contributed by atoms with Crippen molar-refractivity contribution in [2.24, 2.45) is 0 Å². The van der Waals surface area contributed by atoms with E-state index in [-0.39, 0.29) is 6.04 Å². The first-order valence-corrected chi connectivity index (χ1v) is 8.31. The SMILES string of the molecule is CCNC(c1cccc(Cl)c1)c1cc2sccc2s1. The van der Waals surface area contributed by atoms with E-state index < -0.39 is 0 Å². The molecule has 0 bridgehead atoms. The van der Waals surface area contributed by atoms with Crippen LogP contribution in [0.3, 0.4) is 0 Å². The molecule has 0 radical (unpaired) electrons. The van der Waals surface area contributed by atoms with E-state index in [2.05, 4.69) is 35.8 Å². The van der Waals surface area contributed by atoms with Crippen molar-refractivity contribution in [3.8, 4) is 0 Å². The number of fused-ring (bicyclic) bond motifs is 1. The Kier molecular flexibility index (Phi) is 3.89. The summed E-state index contributed by atoms with van der Waals surface area (Å²) >= 11 is 9.77. The molecule has 0 fully saturated rings. The summed E-state index contributed by atoms with van der Waals surface area (Å²) in [6, 6.07) is 12.8. The summed E-state index contributed by atoms with van der Waals surface area (Å²) < 4.78 is 2.73. The number of rotatable bonds is 4. The minimum atomic E-state index is 0.230. The van der Waals surface area contributed by atoms with Gasteiger partial charge in [-0.1, -0.05) is 30.7 Å². The molecule has 0 aliphatic carbocycles. The first kappa shape index (κ1) is 13.1. The van der Waals surface area contributed by atoms with Crippen molar-refractivity contribution in [3.63, 3.8) is 0 Å². The first-order valence-electron chi connectivity index (χ1n) is 6.23. The third-order valence-electron chi connectivity index (χ3n) is 3.03. The second-order valence-corrected chi connectivity index (χ2v) is 6.84. The van der Waals surface area contributed by atoms with E-state index in [0.717, 1.165) is 11.6 Å². The van der Waals surface area contributed by atoms with E-state index in [1.807, 2.05) is 29.5 Å². The lowest BCUT2D eigenvalue weighted by Crippen LogP contribution is -2.20. The van der Waals surface area contributed by atoms with Gasteiger partial charge in [-0.15, -0.1) is 22.7 Å². The van der Waals surface area contributed by atoms with Crippen LogP contribution < -0.4 is 5.32 Å². The molecule has 0 aliphatic rings. The number of nitrogens with one attached hydrogen (secondary N) is 1. The highest BCUT2D eigenvalue weighted by atomic mass is 35.5. The van der Waals surface area contributed by atoms with Crippen LogP contribution in [-0.4, -0.2) is 6.54 Å². The summed E-state index contributed by atoms with van der Waals surface area (Å²) in [5.41, 5.74) is 1.23. The Bertz CT molecular complexity index is 658. The topological polar surface area (TPSA) is 12.0 Å². The van der Waals surface area contributed by atoms with Crippen LogP contribution in [0.4, 0.5) is 0 Å². The van der Waals surface area contributed by atoms with Crippen LogP contribution in [-0.2, 0) is 0 Å². The summed E-state index contributed by atoms with van der Waals surface area (Å²) in [6.45, 7) is 3.07. The second-order valence-electron chi connectivity index (χ2n) is 4.34. The lowest BCUT2D eigenvalue weighted by molar-refractivity contribution is 0.640. The number of thiophene rings is 2. The fourth-order valence-electron chi connectivity index (χ4n) is 2.20. The summed E-state index contributed by atoms with van der Waals surface area (Å²) in [5, 5.41) is 6.49. The average Bonchev–Trinajstić information content (AvgIpc) is 2.96. The first-order chi connectivity index (χ1) is 9.28. The van der Waals surface area contributed by atoms with Crippen molar-refractivity contribution in [2.45, 2.75) is 13.0 Å². The maximum Gasteiger partial charge on any atom is 0.0672 e. The van der Waals surface area contributed by atoms with E-state index >= 15 is 0 Å². The molecule has 2 heterocycles. The Hall–Kier alpha value is -0.870. The van der Waals surface area contributed by atoms with Crippen molar-refractivity contribution < 1.29 is 0 Å². The molecule has 0 aliphatic heterocycles. The van der Waals surface area contributed by atoms with Crippen molar-refractivity contribution in [2.75, 3.05) is 6.54 Å². The van der Waals surface area contributed by atoms with E-state index in [9.17, 15) is 0 Å². The molecule has 2 aromatic heterocycles. The van der Waals surface area contributed by atoms with Crippen molar-refractivity contribution in [1.82, 2.24) is 5.32 Å². The molecule has 0 amide bonds. The van der Waals surface area contributed by atoms with Gasteiger partial charge in [0, 0.05) is 19.3 Å². The van der Waals surface area contributed by atoms with Crippen LogP contribution in [0.15, 0.2) is 41.8 Å². The quantitative estimate of drug-likeness (QED) is 0.688. The Morgan fingerprint density at radius 3 is 2.84 bits per heavy atom. The van der Waals surface area contributed by atoms with Gasteiger partial charge in [0.1, 0.15) is 0 Å². The van der Waals surface area contributed by atoms with Gasteiger partial charge in [0.2, 0.25) is 0 Å². The minimum absolute atomic E-state index is 0.230. The standard InChI is InChI=1S/C15H14ClNS2/c1-2-17-15(10-4-3-5-11(16)8-10)14-9-13-12(19-14)6-7-18-13/h3-9,15,17H,2H2,1H3.